The highest BCUT2D eigenvalue weighted by Gasteiger charge is 2.06. The number of oxime groups is 1. The van der Waals surface area contributed by atoms with E-state index in [1.54, 1.807) is 6.07 Å². The maximum absolute atomic E-state index is 9.61. The molecular formula is C19H21N3O2. The Labute approximate surface area is 142 Å². The molecule has 5 heteroatoms. The molecule has 1 N–H and O–H groups in total. The van der Waals surface area contributed by atoms with Crippen LogP contribution in [-0.4, -0.2) is 27.4 Å². The molecular weight excluding hydrogens is 302 g/mol. The number of hydrogen-bond donors (Lipinski definition) is 1. The van der Waals surface area contributed by atoms with Crippen LogP contribution in [-0.2, 0) is 11.3 Å². The molecule has 0 saturated carbocycles. The van der Waals surface area contributed by atoms with Crippen LogP contribution in [0.2, 0.25) is 0 Å². The molecule has 1 unspecified atom stereocenters. The average Bonchev–Trinajstić information content (AvgIpc) is 2.60. The Morgan fingerprint density at radius 3 is 2.83 bits per heavy atom. The first-order valence-corrected chi connectivity index (χ1v) is 7.81. The van der Waals surface area contributed by atoms with Crippen molar-refractivity contribution in [3.63, 3.8) is 0 Å². The van der Waals surface area contributed by atoms with Crippen molar-refractivity contribution in [2.75, 3.05) is 6.61 Å². The van der Waals surface area contributed by atoms with Crippen molar-refractivity contribution in [3.8, 4) is 12.3 Å². The van der Waals surface area contributed by atoms with Gasteiger partial charge in [0.05, 0.1) is 11.4 Å². The maximum atomic E-state index is 9.61. The Bertz CT molecular complexity index is 750. The van der Waals surface area contributed by atoms with Gasteiger partial charge in [-0.1, -0.05) is 23.2 Å². The molecule has 24 heavy (non-hydrogen) atoms. The summed E-state index contributed by atoms with van der Waals surface area (Å²) < 4.78 is 0. The van der Waals surface area contributed by atoms with Crippen molar-refractivity contribution in [3.05, 3.63) is 59.2 Å². The summed E-state index contributed by atoms with van der Waals surface area (Å²) in [6.45, 7) is 4.29. The molecule has 2 rings (SSSR count). The molecule has 0 aromatic carbocycles. The van der Waals surface area contributed by atoms with Crippen LogP contribution in [0.25, 0.3) is 0 Å². The van der Waals surface area contributed by atoms with Crippen molar-refractivity contribution in [2.45, 2.75) is 32.8 Å². The van der Waals surface area contributed by atoms with Crippen LogP contribution in [0.15, 0.2) is 41.6 Å². The lowest BCUT2D eigenvalue weighted by molar-refractivity contribution is 0.141. The van der Waals surface area contributed by atoms with E-state index in [0.29, 0.717) is 12.3 Å². The topological polar surface area (TPSA) is 67.6 Å². The Kier molecular flexibility index (Phi) is 6.47. The van der Waals surface area contributed by atoms with Crippen LogP contribution < -0.4 is 0 Å². The average molecular weight is 323 g/mol. The normalized spacial score (nSPS) is 12.5. The van der Waals surface area contributed by atoms with Gasteiger partial charge < -0.3 is 9.94 Å². The van der Waals surface area contributed by atoms with Crippen molar-refractivity contribution in [2.24, 2.45) is 5.16 Å². The smallest absolute Gasteiger partial charge is 0.156 e. The number of aromatic nitrogens is 2. The zero-order valence-corrected chi connectivity index (χ0v) is 13.9. The van der Waals surface area contributed by atoms with Gasteiger partial charge in [-0.05, 0) is 51.0 Å². The number of hydrogen-bond acceptors (Lipinski definition) is 5. The minimum Gasteiger partial charge on any atom is -0.396 e. The van der Waals surface area contributed by atoms with Crippen LogP contribution in [0, 0.1) is 19.3 Å². The second-order valence-corrected chi connectivity index (χ2v) is 5.40. The van der Waals surface area contributed by atoms with E-state index in [1.807, 2.05) is 44.2 Å². The van der Waals surface area contributed by atoms with Gasteiger partial charge >= 0.3 is 0 Å². The highest BCUT2D eigenvalue weighted by atomic mass is 16.6. The summed E-state index contributed by atoms with van der Waals surface area (Å²) in [4.78, 5) is 14.1. The van der Waals surface area contributed by atoms with Gasteiger partial charge in [0.1, 0.15) is 12.3 Å². The van der Waals surface area contributed by atoms with Gasteiger partial charge in [-0.25, -0.2) is 0 Å². The highest BCUT2D eigenvalue weighted by Crippen LogP contribution is 2.10. The second kappa shape index (κ2) is 8.80. The molecule has 2 aromatic rings. The molecule has 0 aliphatic heterocycles. The molecule has 2 heterocycles. The molecule has 0 amide bonds. The van der Waals surface area contributed by atoms with Gasteiger partial charge in [-0.15, -0.1) is 6.42 Å². The highest BCUT2D eigenvalue weighted by molar-refractivity contribution is 5.96. The standard InChI is InChI=1S/C19H21N3O2/c1-4-19(23)18-12-6-9-16(21-18)10-7-13-24-22-15(3)17-11-5-8-14(2)20-17/h1,5-6,8-9,11-12,19,23H,7,10,13H2,2-3H3/b22-15+. The van der Waals surface area contributed by atoms with E-state index < -0.39 is 6.10 Å². The minimum absolute atomic E-state index is 0.479. The van der Waals surface area contributed by atoms with E-state index in [4.69, 9.17) is 11.3 Å². The summed E-state index contributed by atoms with van der Waals surface area (Å²) in [6.07, 6.45) is 5.73. The number of aliphatic hydroxyl groups excluding tert-OH is 1. The number of pyridine rings is 2. The third kappa shape index (κ3) is 5.18. The molecule has 0 fully saturated rings. The Balaban J connectivity index is 1.81. The zero-order chi connectivity index (χ0) is 17.4. The summed E-state index contributed by atoms with van der Waals surface area (Å²) in [5.74, 6) is 2.26. The Morgan fingerprint density at radius 1 is 1.29 bits per heavy atom. The predicted molar refractivity (Wildman–Crippen MR) is 93.5 cm³/mol. The van der Waals surface area contributed by atoms with E-state index in [-0.39, 0.29) is 0 Å². The molecule has 0 aliphatic carbocycles. The van der Waals surface area contributed by atoms with Crippen LogP contribution >= 0.6 is 0 Å². The maximum Gasteiger partial charge on any atom is 0.156 e. The van der Waals surface area contributed by atoms with Crippen molar-refractivity contribution >= 4 is 5.71 Å². The van der Waals surface area contributed by atoms with E-state index in [9.17, 15) is 5.11 Å². The van der Waals surface area contributed by atoms with E-state index in [0.717, 1.165) is 35.6 Å². The Hall–Kier alpha value is -2.71. The molecule has 0 spiro atoms. The van der Waals surface area contributed by atoms with Crippen molar-refractivity contribution in [1.29, 1.82) is 0 Å². The summed E-state index contributed by atoms with van der Waals surface area (Å²) in [5.41, 5.74) is 3.87. The fourth-order valence-corrected chi connectivity index (χ4v) is 2.13. The molecule has 124 valence electrons. The van der Waals surface area contributed by atoms with Gasteiger partial charge in [0.15, 0.2) is 6.10 Å². The van der Waals surface area contributed by atoms with Gasteiger partial charge in [0, 0.05) is 11.4 Å². The first-order chi connectivity index (χ1) is 11.6. The van der Waals surface area contributed by atoms with Crippen molar-refractivity contribution < 1.29 is 9.94 Å². The SMILES string of the molecule is C#CC(O)c1cccc(CCCO/N=C(\C)c2cccc(C)n2)n1. The predicted octanol–water partition coefficient (Wildman–Crippen LogP) is 2.83. The lowest BCUT2D eigenvalue weighted by Gasteiger charge is -2.06. The molecule has 0 bridgehead atoms. The third-order valence-electron chi connectivity index (χ3n) is 3.40. The van der Waals surface area contributed by atoms with Crippen LogP contribution in [0.1, 0.15) is 42.2 Å². The van der Waals surface area contributed by atoms with Crippen molar-refractivity contribution in [1.82, 2.24) is 9.97 Å². The van der Waals surface area contributed by atoms with Crippen LogP contribution in [0.3, 0.4) is 0 Å². The number of nitrogens with zero attached hydrogens (tertiary/aromatic N) is 3. The van der Waals surface area contributed by atoms with Gasteiger partial charge in [-0.2, -0.15) is 0 Å². The largest absolute Gasteiger partial charge is 0.396 e. The number of aliphatic hydroxyl groups is 1. The monoisotopic (exact) mass is 323 g/mol. The molecule has 0 aliphatic rings. The van der Waals surface area contributed by atoms with Gasteiger partial charge in [0.2, 0.25) is 0 Å². The van der Waals surface area contributed by atoms with Crippen LogP contribution in [0.4, 0.5) is 0 Å². The van der Waals surface area contributed by atoms with E-state index in [2.05, 4.69) is 21.0 Å². The lowest BCUT2D eigenvalue weighted by Crippen LogP contribution is -2.03. The molecule has 1 atom stereocenters. The molecule has 2 aromatic heterocycles. The second-order valence-electron chi connectivity index (χ2n) is 5.40. The van der Waals surface area contributed by atoms with Gasteiger partial charge in [0.25, 0.3) is 0 Å². The molecule has 0 saturated heterocycles. The summed E-state index contributed by atoms with van der Waals surface area (Å²) in [7, 11) is 0. The Morgan fingerprint density at radius 2 is 2.08 bits per heavy atom. The van der Waals surface area contributed by atoms with E-state index in [1.165, 1.54) is 0 Å². The number of rotatable bonds is 7. The minimum atomic E-state index is -0.963. The van der Waals surface area contributed by atoms with Gasteiger partial charge in [-0.3, -0.25) is 9.97 Å². The molecule has 5 nitrogen and oxygen atoms in total. The van der Waals surface area contributed by atoms with Crippen LogP contribution in [0.5, 0.6) is 0 Å². The fourth-order valence-electron chi connectivity index (χ4n) is 2.13. The summed E-state index contributed by atoms with van der Waals surface area (Å²) in [6, 6.07) is 11.2. The van der Waals surface area contributed by atoms with E-state index >= 15 is 0 Å². The summed E-state index contributed by atoms with van der Waals surface area (Å²) in [5, 5.41) is 13.7. The quantitative estimate of drug-likeness (QED) is 0.368. The first-order valence-electron chi connectivity index (χ1n) is 7.81. The number of aryl methyl sites for hydroxylation is 2. The lowest BCUT2D eigenvalue weighted by atomic mass is 10.2. The third-order valence-corrected chi connectivity index (χ3v) is 3.40. The molecule has 0 radical (unpaired) electrons. The summed E-state index contributed by atoms with van der Waals surface area (Å²) >= 11 is 0. The zero-order valence-electron chi connectivity index (χ0n) is 13.9. The number of terminal acetylenes is 1. The fraction of sp³-hybridized carbons (Fsp3) is 0.316. The first kappa shape index (κ1) is 17.6.